The van der Waals surface area contributed by atoms with Crippen LogP contribution in [0.15, 0.2) is 48.8 Å². The number of anilines is 2. The predicted molar refractivity (Wildman–Crippen MR) is 96.1 cm³/mol. The van der Waals surface area contributed by atoms with E-state index in [4.69, 9.17) is 9.47 Å². The van der Waals surface area contributed by atoms with Gasteiger partial charge in [0.2, 0.25) is 0 Å². The van der Waals surface area contributed by atoms with Crippen molar-refractivity contribution in [2.24, 2.45) is 5.92 Å². The Hall–Kier alpha value is -2.82. The fourth-order valence-electron chi connectivity index (χ4n) is 2.30. The molecule has 0 atom stereocenters. The zero-order valence-corrected chi connectivity index (χ0v) is 14.1. The van der Waals surface area contributed by atoms with Crippen LogP contribution in [0.3, 0.4) is 0 Å². The number of hydrogen-bond acceptors (Lipinski definition) is 5. The largest absolute Gasteiger partial charge is 0.497 e. The maximum atomic E-state index is 5.70. The van der Waals surface area contributed by atoms with Crippen LogP contribution < -0.4 is 14.8 Å². The number of hydrogen-bond donors (Lipinski definition) is 1. The van der Waals surface area contributed by atoms with E-state index < -0.39 is 0 Å². The molecule has 0 saturated carbocycles. The van der Waals surface area contributed by atoms with Gasteiger partial charge in [-0.1, -0.05) is 13.8 Å². The first-order valence-corrected chi connectivity index (χ1v) is 7.94. The molecule has 5 nitrogen and oxygen atoms in total. The van der Waals surface area contributed by atoms with Crippen LogP contribution in [0, 0.1) is 5.92 Å². The number of rotatable bonds is 6. The highest BCUT2D eigenvalue weighted by Gasteiger charge is 2.06. The van der Waals surface area contributed by atoms with E-state index in [2.05, 4.69) is 29.1 Å². The average Bonchev–Trinajstić information content (AvgIpc) is 2.61. The Morgan fingerprint density at radius 2 is 1.75 bits per heavy atom. The molecule has 0 aliphatic carbocycles. The van der Waals surface area contributed by atoms with Crippen molar-refractivity contribution < 1.29 is 9.47 Å². The monoisotopic (exact) mass is 323 g/mol. The summed E-state index contributed by atoms with van der Waals surface area (Å²) < 4.78 is 10.9. The van der Waals surface area contributed by atoms with E-state index in [1.54, 1.807) is 13.4 Å². The van der Waals surface area contributed by atoms with E-state index in [-0.39, 0.29) is 0 Å². The molecule has 1 N–H and O–H groups in total. The molecule has 3 aromatic rings. The minimum absolute atomic E-state index is 0.507. The first-order chi connectivity index (χ1) is 11.7. The Labute approximate surface area is 141 Å². The van der Waals surface area contributed by atoms with E-state index in [0.29, 0.717) is 12.5 Å². The molecule has 0 aliphatic rings. The first-order valence-electron chi connectivity index (χ1n) is 7.94. The highest BCUT2D eigenvalue weighted by molar-refractivity contribution is 5.91. The molecule has 0 bridgehead atoms. The molecule has 0 spiro atoms. The van der Waals surface area contributed by atoms with Crippen molar-refractivity contribution in [3.63, 3.8) is 0 Å². The highest BCUT2D eigenvalue weighted by atomic mass is 16.5. The van der Waals surface area contributed by atoms with Gasteiger partial charge in [0.15, 0.2) is 0 Å². The standard InChI is InChI=1S/C19H21N3O2/c1-13(2)11-24-15-6-4-14(5-7-15)22-19-17-9-8-16(23-3)10-18(17)20-12-21-19/h4-10,12-13H,11H2,1-3H3,(H,20,21,22). The second kappa shape index (κ2) is 7.17. The number of aromatic nitrogens is 2. The predicted octanol–water partition coefficient (Wildman–Crippen LogP) is 4.42. The fraction of sp³-hybridized carbons (Fsp3) is 0.263. The summed E-state index contributed by atoms with van der Waals surface area (Å²) in [5, 5.41) is 4.27. The van der Waals surface area contributed by atoms with Crippen LogP contribution in [0.4, 0.5) is 11.5 Å². The summed E-state index contributed by atoms with van der Waals surface area (Å²) in [5.41, 5.74) is 1.78. The zero-order chi connectivity index (χ0) is 16.9. The normalized spacial score (nSPS) is 10.8. The molecule has 3 rings (SSSR count). The molecule has 0 aliphatic heterocycles. The molecule has 24 heavy (non-hydrogen) atoms. The summed E-state index contributed by atoms with van der Waals surface area (Å²) >= 11 is 0. The Balaban J connectivity index is 1.79. The van der Waals surface area contributed by atoms with E-state index in [1.165, 1.54) is 0 Å². The third-order valence-electron chi connectivity index (χ3n) is 3.54. The lowest BCUT2D eigenvalue weighted by molar-refractivity contribution is 0.271. The Bertz CT molecular complexity index is 816. The van der Waals surface area contributed by atoms with Crippen LogP contribution in [-0.2, 0) is 0 Å². The molecule has 124 valence electrons. The summed E-state index contributed by atoms with van der Waals surface area (Å²) in [4.78, 5) is 8.64. The van der Waals surface area contributed by atoms with Gasteiger partial charge in [-0.25, -0.2) is 9.97 Å². The van der Waals surface area contributed by atoms with Gasteiger partial charge in [-0.05, 0) is 42.3 Å². The second-order valence-corrected chi connectivity index (χ2v) is 5.96. The lowest BCUT2D eigenvalue weighted by atomic mass is 10.2. The number of fused-ring (bicyclic) bond motifs is 1. The molecular formula is C19H21N3O2. The van der Waals surface area contributed by atoms with Crippen molar-refractivity contribution in [2.45, 2.75) is 13.8 Å². The molecule has 1 aromatic heterocycles. The molecule has 0 saturated heterocycles. The van der Waals surface area contributed by atoms with Crippen molar-refractivity contribution in [3.05, 3.63) is 48.8 Å². The van der Waals surface area contributed by atoms with Crippen molar-refractivity contribution in [1.29, 1.82) is 0 Å². The topological polar surface area (TPSA) is 56.3 Å². The van der Waals surface area contributed by atoms with E-state index in [1.807, 2.05) is 42.5 Å². The van der Waals surface area contributed by atoms with E-state index >= 15 is 0 Å². The number of ether oxygens (including phenoxy) is 2. The van der Waals surface area contributed by atoms with Gasteiger partial charge in [0, 0.05) is 17.1 Å². The molecule has 0 unspecified atom stereocenters. The maximum absolute atomic E-state index is 5.70. The van der Waals surface area contributed by atoms with Crippen LogP contribution in [-0.4, -0.2) is 23.7 Å². The van der Waals surface area contributed by atoms with Gasteiger partial charge in [0.05, 0.1) is 19.2 Å². The van der Waals surface area contributed by atoms with Crippen LogP contribution in [0.2, 0.25) is 0 Å². The molecule has 0 radical (unpaired) electrons. The van der Waals surface area contributed by atoms with Gasteiger partial charge in [-0.15, -0.1) is 0 Å². The molecule has 2 aromatic carbocycles. The van der Waals surface area contributed by atoms with Crippen LogP contribution in [0.5, 0.6) is 11.5 Å². The third kappa shape index (κ3) is 3.74. The first kappa shape index (κ1) is 16.1. The van der Waals surface area contributed by atoms with E-state index in [0.717, 1.165) is 33.9 Å². The van der Waals surface area contributed by atoms with Crippen molar-refractivity contribution in [1.82, 2.24) is 9.97 Å². The summed E-state index contributed by atoms with van der Waals surface area (Å²) in [6, 6.07) is 13.6. The molecule has 5 heteroatoms. The smallest absolute Gasteiger partial charge is 0.141 e. The lowest BCUT2D eigenvalue weighted by Gasteiger charge is -2.11. The number of benzene rings is 2. The van der Waals surface area contributed by atoms with Gasteiger partial charge in [-0.2, -0.15) is 0 Å². The Morgan fingerprint density at radius 1 is 1.00 bits per heavy atom. The van der Waals surface area contributed by atoms with Crippen molar-refractivity contribution in [2.75, 3.05) is 19.0 Å². The molecule has 0 fully saturated rings. The summed E-state index contributed by atoms with van der Waals surface area (Å²) in [6.07, 6.45) is 1.55. The highest BCUT2D eigenvalue weighted by Crippen LogP contribution is 2.26. The summed E-state index contributed by atoms with van der Waals surface area (Å²) in [7, 11) is 1.64. The SMILES string of the molecule is COc1ccc2c(Nc3ccc(OCC(C)C)cc3)ncnc2c1. The maximum Gasteiger partial charge on any atom is 0.141 e. The minimum atomic E-state index is 0.507. The Morgan fingerprint density at radius 3 is 2.46 bits per heavy atom. The van der Waals surface area contributed by atoms with Crippen LogP contribution in [0.1, 0.15) is 13.8 Å². The zero-order valence-electron chi connectivity index (χ0n) is 14.1. The van der Waals surface area contributed by atoms with Crippen LogP contribution in [0.25, 0.3) is 10.9 Å². The van der Waals surface area contributed by atoms with Crippen LogP contribution >= 0.6 is 0 Å². The quantitative estimate of drug-likeness (QED) is 0.728. The number of nitrogens with zero attached hydrogens (tertiary/aromatic N) is 2. The van der Waals surface area contributed by atoms with Gasteiger partial charge in [-0.3, -0.25) is 0 Å². The van der Waals surface area contributed by atoms with Crippen molar-refractivity contribution in [3.8, 4) is 11.5 Å². The minimum Gasteiger partial charge on any atom is -0.497 e. The van der Waals surface area contributed by atoms with Gasteiger partial charge >= 0.3 is 0 Å². The van der Waals surface area contributed by atoms with Crippen molar-refractivity contribution >= 4 is 22.4 Å². The second-order valence-electron chi connectivity index (χ2n) is 5.96. The van der Waals surface area contributed by atoms with Gasteiger partial charge in [0.25, 0.3) is 0 Å². The number of methoxy groups -OCH3 is 1. The average molecular weight is 323 g/mol. The fourth-order valence-corrected chi connectivity index (χ4v) is 2.30. The van der Waals surface area contributed by atoms with Gasteiger partial charge < -0.3 is 14.8 Å². The molecular weight excluding hydrogens is 302 g/mol. The third-order valence-corrected chi connectivity index (χ3v) is 3.54. The number of nitrogens with one attached hydrogen (secondary N) is 1. The lowest BCUT2D eigenvalue weighted by Crippen LogP contribution is -2.04. The molecule has 0 amide bonds. The summed E-state index contributed by atoms with van der Waals surface area (Å²) in [6.45, 7) is 4.97. The van der Waals surface area contributed by atoms with E-state index in [9.17, 15) is 0 Å². The van der Waals surface area contributed by atoms with Gasteiger partial charge in [0.1, 0.15) is 23.6 Å². The molecule has 1 heterocycles. The summed E-state index contributed by atoms with van der Waals surface area (Å²) in [5.74, 6) is 2.91. The Kier molecular flexibility index (Phi) is 4.79.